The number of aliphatic hydroxyl groups is 1. The van der Waals surface area contributed by atoms with Crippen LogP contribution >= 0.6 is 11.3 Å². The lowest BCUT2D eigenvalue weighted by Crippen LogP contribution is -2.48. The highest BCUT2D eigenvalue weighted by Gasteiger charge is 2.43. The molecule has 8 rings (SSSR count). The number of hydrogen-bond acceptors (Lipinski definition) is 14. The molecule has 0 radical (unpaired) electrons. The van der Waals surface area contributed by atoms with Gasteiger partial charge in [0.15, 0.2) is 17.1 Å². The van der Waals surface area contributed by atoms with E-state index in [1.807, 2.05) is 80.4 Å². The first-order valence-electron chi connectivity index (χ1n) is 21.4. The molecule has 2 saturated heterocycles. The molecule has 1 unspecified atom stereocenters. The monoisotopic (exact) mass is 862 g/mol. The summed E-state index contributed by atoms with van der Waals surface area (Å²) in [5.41, 5.74) is 13.6. The van der Waals surface area contributed by atoms with Gasteiger partial charge in [-0.15, -0.1) is 21.5 Å². The van der Waals surface area contributed by atoms with Gasteiger partial charge in [0.2, 0.25) is 11.8 Å². The first-order chi connectivity index (χ1) is 29.9. The third kappa shape index (κ3) is 9.15. The first-order valence-corrected chi connectivity index (χ1v) is 22.2. The van der Waals surface area contributed by atoms with Crippen molar-refractivity contribution < 1.29 is 29.1 Å². The summed E-state index contributed by atoms with van der Waals surface area (Å²) in [5, 5.41) is 41.5. The number of aromatic hydroxyl groups is 1. The van der Waals surface area contributed by atoms with E-state index in [2.05, 4.69) is 35.7 Å². The maximum absolute atomic E-state index is 14.2. The van der Waals surface area contributed by atoms with Crippen LogP contribution in [-0.2, 0) is 9.59 Å². The van der Waals surface area contributed by atoms with Gasteiger partial charge in [0.05, 0.1) is 52.1 Å². The third-order valence-electron chi connectivity index (χ3n) is 12.1. The van der Waals surface area contributed by atoms with Crippen molar-refractivity contribution in [2.45, 2.75) is 89.9 Å². The van der Waals surface area contributed by atoms with Crippen molar-refractivity contribution in [3.63, 3.8) is 0 Å². The number of likely N-dealkylation sites (tertiary alicyclic amines) is 2. The van der Waals surface area contributed by atoms with E-state index in [4.69, 9.17) is 15.0 Å². The number of phenolic OH excluding ortho intramolecular Hbond substituents is 1. The number of β-amino-alcohol motifs (C(OH)–C–C–N with tert-alkyl or cyclic N) is 1. The van der Waals surface area contributed by atoms with Crippen LogP contribution < -0.4 is 15.8 Å². The highest BCUT2D eigenvalue weighted by Crippen LogP contribution is 2.35. The predicted molar refractivity (Wildman–Crippen MR) is 235 cm³/mol. The fraction of sp³-hybridized carbons (Fsp3) is 0.444. The molecule has 0 spiro atoms. The van der Waals surface area contributed by atoms with E-state index in [0.29, 0.717) is 40.8 Å². The number of aliphatic hydroxyl groups excluding tert-OH is 1. The summed E-state index contributed by atoms with van der Waals surface area (Å²) in [7, 11) is 0. The van der Waals surface area contributed by atoms with E-state index in [9.17, 15) is 19.8 Å². The smallest absolute Gasteiger partial charge is 0.254 e. The zero-order valence-corrected chi connectivity index (χ0v) is 36.3. The zero-order valence-electron chi connectivity index (χ0n) is 35.5. The van der Waals surface area contributed by atoms with Crippen molar-refractivity contribution in [3.05, 3.63) is 83.2 Å². The molecule has 2 aliphatic heterocycles. The zero-order chi connectivity index (χ0) is 43.5. The van der Waals surface area contributed by atoms with Crippen LogP contribution in [0.25, 0.3) is 32.7 Å². The highest BCUT2D eigenvalue weighted by molar-refractivity contribution is 7.13. The molecule has 0 saturated carbocycles. The van der Waals surface area contributed by atoms with Crippen molar-refractivity contribution in [1.82, 2.24) is 45.2 Å². The first kappa shape index (κ1) is 42.8. The number of phenols is 1. The summed E-state index contributed by atoms with van der Waals surface area (Å²) in [6.07, 6.45) is 2.87. The number of aryl methyl sites for hydroxylation is 1. The minimum atomic E-state index is -0.826. The van der Waals surface area contributed by atoms with Gasteiger partial charge in [-0.3, -0.25) is 14.3 Å². The summed E-state index contributed by atoms with van der Waals surface area (Å²) in [4.78, 5) is 37.2. The number of nitrogen functional groups attached to an aromatic ring is 1. The maximum atomic E-state index is 14.2. The molecule has 2 aliphatic rings. The largest absolute Gasteiger partial charge is 0.507 e. The molecule has 2 aromatic carbocycles. The number of nitrogens with two attached hydrogens (primary N) is 1. The number of hydrogen-bond donors (Lipinski definition) is 4. The SMILES string of the molecule is Cc1ncsc1-c1ccc([C@H](C)NC(=O)[C@@H]2C[C@@H](O)CN2C(=O)C(c2cc(OCCCCN3CCC(n4nc(N)c5nnc(-c6ccccc6O)cc54)CC3)no2)C(C)C)cc1. The number of piperidine rings is 1. The summed E-state index contributed by atoms with van der Waals surface area (Å²) in [5.74, 6) is -0.347. The fourth-order valence-electron chi connectivity index (χ4n) is 8.66. The molecule has 2 fully saturated rings. The number of para-hydroxylation sites is 1. The predicted octanol–water partition coefficient (Wildman–Crippen LogP) is 6.28. The number of carbonyl (C=O) groups is 2. The molecular weight excluding hydrogens is 809 g/mol. The number of unbranched alkanes of at least 4 members (excludes halogenated alkanes) is 1. The summed E-state index contributed by atoms with van der Waals surface area (Å²) in [6.45, 7) is 11.0. The van der Waals surface area contributed by atoms with Gasteiger partial charge in [-0.25, -0.2) is 4.98 Å². The van der Waals surface area contributed by atoms with Crippen molar-refractivity contribution in [2.24, 2.45) is 5.92 Å². The van der Waals surface area contributed by atoms with E-state index in [-0.39, 0.29) is 48.5 Å². The van der Waals surface area contributed by atoms with Gasteiger partial charge in [0, 0.05) is 37.7 Å². The molecule has 4 aromatic heterocycles. The van der Waals surface area contributed by atoms with Crippen molar-refractivity contribution in [2.75, 3.05) is 38.5 Å². The number of nitrogens with zero attached hydrogens (tertiary/aromatic N) is 8. The lowest BCUT2D eigenvalue weighted by Gasteiger charge is -2.32. The number of thiazole rings is 1. The molecule has 6 heterocycles. The molecule has 2 amide bonds. The Hall–Kier alpha value is -5.91. The molecule has 0 aliphatic carbocycles. The van der Waals surface area contributed by atoms with E-state index >= 15 is 0 Å². The molecule has 5 N–H and O–H groups in total. The summed E-state index contributed by atoms with van der Waals surface area (Å²) < 4.78 is 13.6. The Balaban J connectivity index is 0.804. The Morgan fingerprint density at radius 3 is 2.55 bits per heavy atom. The standard InChI is InChI=1S/C45H54N10O6S/c1-26(2)40(45(59)54-24-32(56)21-36(54)44(58)48-27(3)29-11-13-30(14-12-29)42-28(4)47-25-62-42)38-23-39(52-61-38)60-20-8-7-17-53-18-15-31(16-19-53)55-35-22-34(33-9-5-6-10-37(33)57)49-50-41(35)43(46)51-55/h5-6,9-14,22-23,25-27,31-32,36,40,56-57H,7-8,15-21,24H2,1-4H3,(H2,46,51)(H,48,58)/t27-,32+,36-,40?/m0/s1. The molecule has 326 valence electrons. The van der Waals surface area contributed by atoms with Gasteiger partial charge in [0.25, 0.3) is 5.88 Å². The minimum absolute atomic E-state index is 0.0538. The molecule has 16 nitrogen and oxygen atoms in total. The third-order valence-corrected chi connectivity index (χ3v) is 13.0. The average molecular weight is 863 g/mol. The highest BCUT2D eigenvalue weighted by atomic mass is 32.1. The summed E-state index contributed by atoms with van der Waals surface area (Å²) >= 11 is 1.59. The van der Waals surface area contributed by atoms with Crippen LogP contribution in [0, 0.1) is 12.8 Å². The topological polar surface area (TPSA) is 211 Å². The molecular formula is C45H54N10O6S. The number of nitrogens with one attached hydrogen (secondary N) is 1. The van der Waals surface area contributed by atoms with Crippen molar-refractivity contribution in [1.29, 1.82) is 0 Å². The van der Waals surface area contributed by atoms with Crippen LogP contribution in [0.5, 0.6) is 11.6 Å². The van der Waals surface area contributed by atoms with Crippen LogP contribution in [0.4, 0.5) is 5.82 Å². The normalized spacial score (nSPS) is 18.4. The number of rotatable bonds is 15. The molecule has 62 heavy (non-hydrogen) atoms. The van der Waals surface area contributed by atoms with Gasteiger partial charge >= 0.3 is 0 Å². The number of aromatic nitrogens is 6. The maximum Gasteiger partial charge on any atom is 0.254 e. The van der Waals surface area contributed by atoms with Gasteiger partial charge in [-0.1, -0.05) is 50.2 Å². The Morgan fingerprint density at radius 2 is 1.82 bits per heavy atom. The van der Waals surface area contributed by atoms with E-state index < -0.39 is 18.1 Å². The number of ether oxygens (including phenoxy) is 1. The van der Waals surface area contributed by atoms with Crippen LogP contribution in [0.2, 0.25) is 0 Å². The molecule has 0 bridgehead atoms. The Labute approximate surface area is 364 Å². The number of benzene rings is 2. The van der Waals surface area contributed by atoms with Crippen molar-refractivity contribution >= 4 is 40.0 Å². The van der Waals surface area contributed by atoms with Gasteiger partial charge in [-0.05, 0) is 86.5 Å². The number of fused-ring (bicyclic) bond motifs is 1. The lowest BCUT2D eigenvalue weighted by molar-refractivity contribution is -0.141. The van der Waals surface area contributed by atoms with Gasteiger partial charge in [0.1, 0.15) is 17.7 Å². The summed E-state index contributed by atoms with van der Waals surface area (Å²) in [6, 6.07) is 17.7. The number of anilines is 1. The fourth-order valence-corrected chi connectivity index (χ4v) is 9.47. The number of carbonyl (C=O) groups excluding carboxylic acids is 2. The quantitative estimate of drug-likeness (QED) is 0.0840. The molecule has 4 atom stereocenters. The minimum Gasteiger partial charge on any atom is -0.507 e. The van der Waals surface area contributed by atoms with E-state index in [1.165, 1.54) is 4.90 Å². The number of amides is 2. The van der Waals surface area contributed by atoms with Crippen molar-refractivity contribution in [3.8, 4) is 33.3 Å². The molecule has 6 aromatic rings. The second-order valence-electron chi connectivity index (χ2n) is 16.7. The lowest BCUT2D eigenvalue weighted by atomic mass is 9.91. The Bertz CT molecular complexity index is 2490. The Morgan fingerprint density at radius 1 is 1.05 bits per heavy atom. The van der Waals surface area contributed by atoms with Crippen LogP contribution in [0.1, 0.15) is 87.9 Å². The van der Waals surface area contributed by atoms with E-state index in [1.54, 1.807) is 29.5 Å². The van der Waals surface area contributed by atoms with Crippen LogP contribution in [0.15, 0.2) is 70.7 Å². The second kappa shape index (κ2) is 18.6. The van der Waals surface area contributed by atoms with Crippen LogP contribution in [-0.4, -0.2) is 107 Å². The van der Waals surface area contributed by atoms with Gasteiger partial charge < -0.3 is 40.3 Å². The second-order valence-corrected chi connectivity index (χ2v) is 17.6. The average Bonchev–Trinajstić information content (AvgIpc) is 4.08. The Kier molecular flexibility index (Phi) is 12.8. The van der Waals surface area contributed by atoms with E-state index in [0.717, 1.165) is 72.5 Å². The molecule has 17 heteroatoms. The van der Waals surface area contributed by atoms with Crippen LogP contribution in [0.3, 0.4) is 0 Å². The van der Waals surface area contributed by atoms with Gasteiger partial charge in [-0.2, -0.15) is 5.10 Å².